The smallest absolute Gasteiger partial charge is 0.272 e. The van der Waals surface area contributed by atoms with Crippen molar-refractivity contribution in [1.82, 2.24) is 34.8 Å². The first-order valence-electron chi connectivity index (χ1n) is 8.76. The van der Waals surface area contributed by atoms with Crippen molar-refractivity contribution in [3.05, 3.63) is 47.8 Å². The first-order chi connectivity index (χ1) is 12.6. The molecule has 4 rings (SSSR count). The molecule has 0 bridgehead atoms. The van der Waals surface area contributed by atoms with Crippen LogP contribution >= 0.6 is 0 Å². The Kier molecular flexibility index (Phi) is 4.24. The molecule has 0 saturated carbocycles. The number of rotatable bonds is 3. The quantitative estimate of drug-likeness (QED) is 0.772. The van der Waals surface area contributed by atoms with Crippen molar-refractivity contribution in [3.63, 3.8) is 0 Å². The summed E-state index contributed by atoms with van der Waals surface area (Å²) in [6.45, 7) is 2.70. The molecular formula is C18H21N7O. The number of carbonyl (C=O) groups excluding carboxylic acids is 1. The van der Waals surface area contributed by atoms with Gasteiger partial charge in [0.2, 0.25) is 0 Å². The van der Waals surface area contributed by atoms with Crippen LogP contribution in [0.5, 0.6) is 0 Å². The summed E-state index contributed by atoms with van der Waals surface area (Å²) in [6, 6.07) is 5.77. The minimum Gasteiger partial charge on any atom is -0.348 e. The lowest BCUT2D eigenvalue weighted by molar-refractivity contribution is 0.0927. The molecule has 8 heteroatoms. The normalized spacial score (nSPS) is 16.8. The topological polar surface area (TPSA) is 90.5 Å². The molecule has 0 aromatic carbocycles. The molecule has 3 aromatic rings. The summed E-state index contributed by atoms with van der Waals surface area (Å²) >= 11 is 0. The predicted octanol–water partition coefficient (Wildman–Crippen LogP) is 1.52. The Labute approximate surface area is 151 Å². The van der Waals surface area contributed by atoms with Gasteiger partial charge in [0, 0.05) is 49.7 Å². The summed E-state index contributed by atoms with van der Waals surface area (Å²) in [7, 11) is 1.84. The molecule has 134 valence electrons. The van der Waals surface area contributed by atoms with Crippen molar-refractivity contribution in [3.8, 4) is 11.4 Å². The third kappa shape index (κ3) is 3.10. The van der Waals surface area contributed by atoms with Gasteiger partial charge in [-0.1, -0.05) is 0 Å². The molecule has 1 aliphatic heterocycles. The van der Waals surface area contributed by atoms with Gasteiger partial charge in [0.05, 0.1) is 0 Å². The molecule has 4 heterocycles. The number of nitrogens with one attached hydrogen (secondary N) is 1. The van der Waals surface area contributed by atoms with E-state index in [0.717, 1.165) is 48.7 Å². The predicted molar refractivity (Wildman–Crippen MR) is 95.4 cm³/mol. The van der Waals surface area contributed by atoms with E-state index < -0.39 is 0 Å². The number of pyridine rings is 1. The minimum absolute atomic E-state index is 0.0943. The maximum Gasteiger partial charge on any atom is 0.272 e. The zero-order chi connectivity index (χ0) is 18.1. The van der Waals surface area contributed by atoms with Gasteiger partial charge in [-0.25, -0.2) is 0 Å². The number of carbonyl (C=O) groups is 1. The van der Waals surface area contributed by atoms with E-state index in [2.05, 4.69) is 30.2 Å². The molecule has 0 fully saturated rings. The van der Waals surface area contributed by atoms with Crippen LogP contribution in [0.4, 0.5) is 0 Å². The Morgan fingerprint density at radius 1 is 1.23 bits per heavy atom. The fourth-order valence-corrected chi connectivity index (χ4v) is 3.28. The lowest BCUT2D eigenvalue weighted by atomic mass is 10.1. The molecule has 1 unspecified atom stereocenters. The first-order valence-corrected chi connectivity index (χ1v) is 8.76. The van der Waals surface area contributed by atoms with Crippen LogP contribution < -0.4 is 5.32 Å². The monoisotopic (exact) mass is 351 g/mol. The van der Waals surface area contributed by atoms with Crippen LogP contribution in [0.2, 0.25) is 0 Å². The van der Waals surface area contributed by atoms with Gasteiger partial charge in [-0.15, -0.1) is 10.2 Å². The second-order valence-corrected chi connectivity index (χ2v) is 6.62. The van der Waals surface area contributed by atoms with Crippen molar-refractivity contribution in [2.24, 2.45) is 7.05 Å². The molecule has 26 heavy (non-hydrogen) atoms. The zero-order valence-corrected chi connectivity index (χ0v) is 14.9. The van der Waals surface area contributed by atoms with Gasteiger partial charge >= 0.3 is 0 Å². The highest BCUT2D eigenvalue weighted by Crippen LogP contribution is 2.22. The van der Waals surface area contributed by atoms with Crippen molar-refractivity contribution < 1.29 is 4.79 Å². The standard InChI is InChI=1S/C18H21N7O/c1-12-11-15(23-24(12)2)18(26)20-14-3-4-16-21-22-17(25(16)10-7-14)13-5-8-19-9-6-13/h5-6,8-9,11,14H,3-4,7,10H2,1-2H3,(H,20,26). The molecule has 0 radical (unpaired) electrons. The summed E-state index contributed by atoms with van der Waals surface area (Å²) in [5.74, 6) is 1.70. The van der Waals surface area contributed by atoms with Crippen LogP contribution in [0.15, 0.2) is 30.6 Å². The first kappa shape index (κ1) is 16.4. The highest BCUT2D eigenvalue weighted by molar-refractivity contribution is 5.92. The van der Waals surface area contributed by atoms with Gasteiger partial charge in [0.15, 0.2) is 5.82 Å². The van der Waals surface area contributed by atoms with Gasteiger partial charge in [-0.3, -0.25) is 14.5 Å². The summed E-state index contributed by atoms with van der Waals surface area (Å²) in [4.78, 5) is 16.5. The third-order valence-electron chi connectivity index (χ3n) is 4.87. The van der Waals surface area contributed by atoms with Crippen molar-refractivity contribution in [2.75, 3.05) is 0 Å². The van der Waals surface area contributed by atoms with Crippen LogP contribution in [0.3, 0.4) is 0 Å². The molecule has 1 N–H and O–H groups in total. The van der Waals surface area contributed by atoms with E-state index in [1.165, 1.54) is 0 Å². The Hall–Kier alpha value is -3.03. The van der Waals surface area contributed by atoms with E-state index >= 15 is 0 Å². The maximum atomic E-state index is 12.5. The average molecular weight is 351 g/mol. The van der Waals surface area contributed by atoms with E-state index in [-0.39, 0.29) is 11.9 Å². The zero-order valence-electron chi connectivity index (χ0n) is 14.9. The molecule has 0 aliphatic carbocycles. The van der Waals surface area contributed by atoms with Crippen molar-refractivity contribution in [1.29, 1.82) is 0 Å². The van der Waals surface area contributed by atoms with Gasteiger partial charge in [-0.2, -0.15) is 5.10 Å². The summed E-state index contributed by atoms with van der Waals surface area (Å²) in [5.41, 5.74) is 2.43. The Morgan fingerprint density at radius 2 is 2.04 bits per heavy atom. The number of hydrogen-bond donors (Lipinski definition) is 1. The Morgan fingerprint density at radius 3 is 2.77 bits per heavy atom. The highest BCUT2D eigenvalue weighted by Gasteiger charge is 2.23. The second-order valence-electron chi connectivity index (χ2n) is 6.62. The fourth-order valence-electron chi connectivity index (χ4n) is 3.28. The largest absolute Gasteiger partial charge is 0.348 e. The molecule has 1 atom stereocenters. The van der Waals surface area contributed by atoms with Gasteiger partial charge < -0.3 is 9.88 Å². The Balaban J connectivity index is 1.47. The van der Waals surface area contributed by atoms with E-state index in [1.54, 1.807) is 17.1 Å². The highest BCUT2D eigenvalue weighted by atomic mass is 16.2. The van der Waals surface area contributed by atoms with Crippen molar-refractivity contribution >= 4 is 5.91 Å². The van der Waals surface area contributed by atoms with Gasteiger partial charge in [0.1, 0.15) is 11.5 Å². The average Bonchev–Trinajstić information content (AvgIpc) is 3.15. The number of nitrogens with zero attached hydrogens (tertiary/aromatic N) is 6. The molecule has 0 saturated heterocycles. The lowest BCUT2D eigenvalue weighted by Gasteiger charge is -2.15. The number of aryl methyl sites for hydroxylation is 3. The summed E-state index contributed by atoms with van der Waals surface area (Å²) in [6.07, 6.45) is 5.97. The van der Waals surface area contributed by atoms with Crippen LogP contribution in [0.25, 0.3) is 11.4 Å². The SMILES string of the molecule is Cc1cc(C(=O)NC2CCc3nnc(-c4ccncc4)n3CC2)nn1C. The molecule has 3 aromatic heterocycles. The van der Waals surface area contributed by atoms with Crippen LogP contribution in [-0.2, 0) is 20.0 Å². The van der Waals surface area contributed by atoms with E-state index in [0.29, 0.717) is 5.69 Å². The number of hydrogen-bond acceptors (Lipinski definition) is 5. The van der Waals surface area contributed by atoms with Gasteiger partial charge in [0.25, 0.3) is 5.91 Å². The van der Waals surface area contributed by atoms with Crippen LogP contribution in [0.1, 0.15) is 34.8 Å². The summed E-state index contributed by atoms with van der Waals surface area (Å²) < 4.78 is 3.86. The molecule has 1 amide bonds. The minimum atomic E-state index is -0.120. The van der Waals surface area contributed by atoms with Crippen LogP contribution in [-0.4, -0.2) is 41.5 Å². The van der Waals surface area contributed by atoms with E-state index in [9.17, 15) is 4.79 Å². The van der Waals surface area contributed by atoms with Gasteiger partial charge in [-0.05, 0) is 38.0 Å². The molecular weight excluding hydrogens is 330 g/mol. The Bertz CT molecular complexity index is 909. The van der Waals surface area contributed by atoms with Crippen molar-refractivity contribution in [2.45, 2.75) is 38.8 Å². The van der Waals surface area contributed by atoms with E-state index in [4.69, 9.17) is 0 Å². The number of amides is 1. The number of aromatic nitrogens is 6. The van der Waals surface area contributed by atoms with Crippen LogP contribution in [0, 0.1) is 6.92 Å². The summed E-state index contributed by atoms with van der Waals surface area (Å²) in [5, 5.41) is 16.1. The lowest BCUT2D eigenvalue weighted by Crippen LogP contribution is -2.35. The molecule has 8 nitrogen and oxygen atoms in total. The van der Waals surface area contributed by atoms with E-state index in [1.807, 2.05) is 32.2 Å². The maximum absolute atomic E-state index is 12.5. The fraction of sp³-hybridized carbons (Fsp3) is 0.389. The second kappa shape index (κ2) is 6.70. The third-order valence-corrected chi connectivity index (χ3v) is 4.87. The molecule has 1 aliphatic rings. The molecule has 0 spiro atoms. The number of fused-ring (bicyclic) bond motifs is 1.